The second-order valence-electron chi connectivity index (χ2n) is 4.06. The van der Waals surface area contributed by atoms with E-state index in [-0.39, 0.29) is 0 Å². The molecule has 0 spiro atoms. The summed E-state index contributed by atoms with van der Waals surface area (Å²) in [7, 11) is 0. The van der Waals surface area contributed by atoms with Crippen molar-refractivity contribution >= 4 is 11.5 Å². The van der Waals surface area contributed by atoms with E-state index in [1.54, 1.807) is 6.20 Å². The monoisotopic (exact) mass is 222 g/mol. The van der Waals surface area contributed by atoms with Crippen LogP contribution in [0.3, 0.4) is 0 Å². The zero-order valence-electron chi connectivity index (χ0n) is 9.44. The number of aromatic nitrogens is 1. The second-order valence-corrected chi connectivity index (χ2v) is 4.06. The van der Waals surface area contributed by atoms with E-state index in [0.29, 0.717) is 18.0 Å². The Morgan fingerprint density at radius 2 is 2.50 bits per heavy atom. The summed E-state index contributed by atoms with van der Waals surface area (Å²) in [5.74, 6) is 5.96. The molecule has 4 N–H and O–H groups in total. The Morgan fingerprint density at radius 3 is 3.19 bits per heavy atom. The number of nitrogens with two attached hydrogens (primary N) is 1. The molecule has 1 aromatic rings. The maximum atomic E-state index is 5.63. The maximum Gasteiger partial charge on any atom is 0.141 e. The Hall–Kier alpha value is -1.33. The molecule has 16 heavy (non-hydrogen) atoms. The van der Waals surface area contributed by atoms with Crippen LogP contribution in [0.5, 0.6) is 0 Å². The van der Waals surface area contributed by atoms with Crippen LogP contribution in [0.4, 0.5) is 11.5 Å². The van der Waals surface area contributed by atoms with Crippen LogP contribution in [0.25, 0.3) is 0 Å². The minimum absolute atomic E-state index is 0.301. The molecule has 1 aliphatic rings. The third-order valence-corrected chi connectivity index (χ3v) is 2.82. The minimum atomic E-state index is 0.301. The van der Waals surface area contributed by atoms with Crippen molar-refractivity contribution in [1.82, 2.24) is 4.98 Å². The first-order valence-corrected chi connectivity index (χ1v) is 5.60. The first kappa shape index (κ1) is 11.2. The summed E-state index contributed by atoms with van der Waals surface area (Å²) in [5.41, 5.74) is 3.53. The summed E-state index contributed by atoms with van der Waals surface area (Å²) in [5, 5.41) is 3.40. The molecule has 2 rings (SSSR count). The van der Waals surface area contributed by atoms with E-state index in [4.69, 9.17) is 10.6 Å². The molecule has 2 heterocycles. The number of nitrogens with one attached hydrogen (secondary N) is 2. The van der Waals surface area contributed by atoms with Crippen molar-refractivity contribution in [3.05, 3.63) is 18.3 Å². The average molecular weight is 222 g/mol. The molecule has 1 aromatic heterocycles. The largest absolute Gasteiger partial charge is 0.380 e. The number of anilines is 2. The normalized spacial score (nSPS) is 21.8. The number of rotatable bonds is 4. The fourth-order valence-corrected chi connectivity index (χ4v) is 1.95. The Balaban J connectivity index is 1.96. The summed E-state index contributed by atoms with van der Waals surface area (Å²) in [6, 6.07) is 4.10. The van der Waals surface area contributed by atoms with E-state index in [9.17, 15) is 0 Å². The predicted octanol–water partition coefficient (Wildman–Crippen LogP) is 1.35. The third-order valence-electron chi connectivity index (χ3n) is 2.82. The molecule has 88 valence electrons. The second kappa shape index (κ2) is 5.14. The van der Waals surface area contributed by atoms with Gasteiger partial charge in [0.05, 0.1) is 6.10 Å². The van der Waals surface area contributed by atoms with E-state index < -0.39 is 0 Å². The highest BCUT2D eigenvalue weighted by molar-refractivity contribution is 5.51. The average Bonchev–Trinajstić information content (AvgIpc) is 2.83. The molecule has 2 unspecified atom stereocenters. The molecular formula is C11H18N4O. The van der Waals surface area contributed by atoms with E-state index in [1.807, 2.05) is 12.1 Å². The molecule has 5 nitrogen and oxygen atoms in total. The Morgan fingerprint density at radius 1 is 1.62 bits per heavy atom. The Labute approximate surface area is 95.4 Å². The van der Waals surface area contributed by atoms with Gasteiger partial charge in [0.15, 0.2) is 0 Å². The summed E-state index contributed by atoms with van der Waals surface area (Å²) >= 11 is 0. The fourth-order valence-electron chi connectivity index (χ4n) is 1.95. The third kappa shape index (κ3) is 2.62. The fraction of sp³-hybridized carbons (Fsp3) is 0.545. The minimum Gasteiger partial charge on any atom is -0.380 e. The molecule has 5 heteroatoms. The van der Waals surface area contributed by atoms with Gasteiger partial charge in [-0.15, -0.1) is 0 Å². The first-order valence-electron chi connectivity index (χ1n) is 5.60. The lowest BCUT2D eigenvalue weighted by Gasteiger charge is -2.21. The van der Waals surface area contributed by atoms with Crippen molar-refractivity contribution < 1.29 is 4.74 Å². The smallest absolute Gasteiger partial charge is 0.141 e. The van der Waals surface area contributed by atoms with E-state index in [2.05, 4.69) is 22.7 Å². The molecule has 0 amide bonds. The predicted molar refractivity (Wildman–Crippen MR) is 64.1 cm³/mol. The number of nitrogens with zero attached hydrogens (tertiary/aromatic N) is 1. The van der Waals surface area contributed by atoms with Crippen molar-refractivity contribution in [2.75, 3.05) is 17.3 Å². The molecule has 0 bridgehead atoms. The molecular weight excluding hydrogens is 204 g/mol. The molecule has 0 saturated carbocycles. The van der Waals surface area contributed by atoms with Gasteiger partial charge in [0, 0.05) is 30.6 Å². The summed E-state index contributed by atoms with van der Waals surface area (Å²) in [4.78, 5) is 4.06. The number of hydrogen-bond acceptors (Lipinski definition) is 5. The van der Waals surface area contributed by atoms with Crippen LogP contribution in [-0.2, 0) is 4.74 Å². The van der Waals surface area contributed by atoms with E-state index >= 15 is 0 Å². The maximum absolute atomic E-state index is 5.63. The SMILES string of the molecule is CC(Nc1ccnc(NN)c1)C1CCCO1. The molecule has 1 aliphatic heterocycles. The van der Waals surface area contributed by atoms with Crippen LogP contribution in [-0.4, -0.2) is 23.7 Å². The van der Waals surface area contributed by atoms with Crippen LogP contribution in [0.2, 0.25) is 0 Å². The number of nitrogen functional groups attached to an aromatic ring is 1. The quantitative estimate of drug-likeness (QED) is 0.530. The van der Waals surface area contributed by atoms with Crippen molar-refractivity contribution in [2.24, 2.45) is 5.84 Å². The van der Waals surface area contributed by atoms with Crippen molar-refractivity contribution in [2.45, 2.75) is 31.9 Å². The summed E-state index contributed by atoms with van der Waals surface area (Å²) < 4.78 is 5.63. The van der Waals surface area contributed by atoms with Gasteiger partial charge in [-0.2, -0.15) is 0 Å². The number of hydrazine groups is 1. The van der Waals surface area contributed by atoms with Gasteiger partial charge in [-0.25, -0.2) is 10.8 Å². The van der Waals surface area contributed by atoms with Crippen LogP contribution < -0.4 is 16.6 Å². The summed E-state index contributed by atoms with van der Waals surface area (Å²) in [6.07, 6.45) is 4.31. The van der Waals surface area contributed by atoms with Gasteiger partial charge >= 0.3 is 0 Å². The lowest BCUT2D eigenvalue weighted by Crippen LogP contribution is -2.30. The van der Waals surface area contributed by atoms with E-state index in [1.165, 1.54) is 0 Å². The standard InChI is InChI=1S/C11H18N4O/c1-8(10-3-2-6-16-10)14-9-4-5-13-11(7-9)15-12/h4-5,7-8,10H,2-3,6,12H2,1H3,(H2,13,14,15). The van der Waals surface area contributed by atoms with Crippen molar-refractivity contribution in [3.8, 4) is 0 Å². The van der Waals surface area contributed by atoms with Gasteiger partial charge in [-0.05, 0) is 25.8 Å². The van der Waals surface area contributed by atoms with E-state index in [0.717, 1.165) is 25.1 Å². The zero-order chi connectivity index (χ0) is 11.4. The molecule has 0 aliphatic carbocycles. The van der Waals surface area contributed by atoms with Crippen molar-refractivity contribution in [1.29, 1.82) is 0 Å². The highest BCUT2D eigenvalue weighted by Gasteiger charge is 2.22. The number of hydrogen-bond donors (Lipinski definition) is 3. The topological polar surface area (TPSA) is 72.2 Å². The van der Waals surface area contributed by atoms with Gasteiger partial charge in [0.1, 0.15) is 5.82 Å². The lowest BCUT2D eigenvalue weighted by atomic mass is 10.1. The molecule has 1 fully saturated rings. The lowest BCUT2D eigenvalue weighted by molar-refractivity contribution is 0.0996. The first-order chi connectivity index (χ1) is 7.79. The van der Waals surface area contributed by atoms with Gasteiger partial charge in [0.2, 0.25) is 0 Å². The Kier molecular flexibility index (Phi) is 3.58. The number of ether oxygens (including phenoxy) is 1. The van der Waals surface area contributed by atoms with Gasteiger partial charge < -0.3 is 15.5 Å². The zero-order valence-corrected chi connectivity index (χ0v) is 9.44. The molecule has 2 atom stereocenters. The van der Waals surface area contributed by atoms with Crippen LogP contribution in [0.15, 0.2) is 18.3 Å². The van der Waals surface area contributed by atoms with Crippen LogP contribution in [0, 0.1) is 0 Å². The van der Waals surface area contributed by atoms with Crippen molar-refractivity contribution in [3.63, 3.8) is 0 Å². The molecule has 1 saturated heterocycles. The van der Waals surface area contributed by atoms with Crippen LogP contribution >= 0.6 is 0 Å². The van der Waals surface area contributed by atoms with Gasteiger partial charge in [0.25, 0.3) is 0 Å². The Bertz CT molecular complexity index is 339. The molecule has 0 aromatic carbocycles. The van der Waals surface area contributed by atoms with Crippen LogP contribution in [0.1, 0.15) is 19.8 Å². The highest BCUT2D eigenvalue weighted by Crippen LogP contribution is 2.19. The number of pyridine rings is 1. The van der Waals surface area contributed by atoms with Gasteiger partial charge in [-0.1, -0.05) is 0 Å². The summed E-state index contributed by atoms with van der Waals surface area (Å²) in [6.45, 7) is 3.01. The highest BCUT2D eigenvalue weighted by atomic mass is 16.5. The molecule has 0 radical (unpaired) electrons. The van der Waals surface area contributed by atoms with Gasteiger partial charge in [-0.3, -0.25) is 0 Å².